The Bertz CT molecular complexity index is 1040. The van der Waals surface area contributed by atoms with Crippen LogP contribution in [-0.4, -0.2) is 15.3 Å². The minimum Gasteiger partial charge on any atom is -0.326 e. The van der Waals surface area contributed by atoms with E-state index in [9.17, 15) is 9.18 Å². The minimum absolute atomic E-state index is 0.120. The summed E-state index contributed by atoms with van der Waals surface area (Å²) in [7, 11) is 0. The third kappa shape index (κ3) is 3.34. The zero-order valence-corrected chi connectivity index (χ0v) is 15.0. The predicted molar refractivity (Wildman–Crippen MR) is 102 cm³/mol. The largest absolute Gasteiger partial charge is 0.326 e. The van der Waals surface area contributed by atoms with Crippen molar-refractivity contribution in [1.82, 2.24) is 9.38 Å². The molecule has 1 N–H and O–H groups in total. The van der Waals surface area contributed by atoms with Gasteiger partial charge in [0.1, 0.15) is 5.82 Å². The molecule has 4 nitrogen and oxygen atoms in total. The van der Waals surface area contributed by atoms with Gasteiger partial charge in [-0.1, -0.05) is 29.8 Å². The molecular weight excluding hydrogens is 373 g/mol. The van der Waals surface area contributed by atoms with Gasteiger partial charge in [0.05, 0.1) is 12.1 Å². The molecule has 0 saturated heterocycles. The molecule has 1 amide bonds. The molecule has 2 aromatic heterocycles. The zero-order chi connectivity index (χ0) is 18.1. The molecule has 26 heavy (non-hydrogen) atoms. The first-order valence-electron chi connectivity index (χ1n) is 7.85. The van der Waals surface area contributed by atoms with E-state index in [0.717, 1.165) is 16.2 Å². The third-order valence-electron chi connectivity index (χ3n) is 3.96. The number of fused-ring (bicyclic) bond motifs is 1. The average Bonchev–Trinajstić information content (AvgIpc) is 3.21. The van der Waals surface area contributed by atoms with E-state index in [0.29, 0.717) is 5.69 Å². The second-order valence-electron chi connectivity index (χ2n) is 5.72. The first kappa shape index (κ1) is 16.8. The maximum atomic E-state index is 13.8. The highest BCUT2D eigenvalue weighted by Gasteiger charge is 2.12. The molecule has 0 aliphatic heterocycles. The standard InChI is InChI=1S/C19H13ClFN3OS/c20-15-2-1-3-16(21)14(15)10-18(25)22-13-6-4-12(5-7-13)17-11-24-8-9-26-19(24)23-17/h1-9,11H,10H2,(H,22,25). The number of hydrogen-bond acceptors (Lipinski definition) is 3. The zero-order valence-electron chi connectivity index (χ0n) is 13.4. The van der Waals surface area contributed by atoms with Crippen LogP contribution in [-0.2, 0) is 11.2 Å². The van der Waals surface area contributed by atoms with Crippen molar-refractivity contribution < 1.29 is 9.18 Å². The number of carbonyl (C=O) groups excluding carboxylic acids is 1. The Kier molecular flexibility index (Phi) is 4.44. The Morgan fingerprint density at radius 2 is 2.04 bits per heavy atom. The summed E-state index contributed by atoms with van der Waals surface area (Å²) in [6.45, 7) is 0. The van der Waals surface area contributed by atoms with Crippen LogP contribution < -0.4 is 5.32 Å². The molecule has 0 unspecified atom stereocenters. The van der Waals surface area contributed by atoms with E-state index in [1.54, 1.807) is 29.5 Å². The highest BCUT2D eigenvalue weighted by Crippen LogP contribution is 2.24. The van der Waals surface area contributed by atoms with Crippen LogP contribution in [0.1, 0.15) is 5.56 Å². The fraction of sp³-hybridized carbons (Fsp3) is 0.0526. The molecule has 2 heterocycles. The molecule has 2 aromatic carbocycles. The van der Waals surface area contributed by atoms with Crippen molar-refractivity contribution in [2.75, 3.05) is 5.32 Å². The fourth-order valence-corrected chi connectivity index (χ4v) is 3.59. The lowest BCUT2D eigenvalue weighted by Gasteiger charge is -2.08. The number of anilines is 1. The summed E-state index contributed by atoms with van der Waals surface area (Å²) in [6, 6.07) is 11.7. The summed E-state index contributed by atoms with van der Waals surface area (Å²) in [5.41, 5.74) is 2.65. The summed E-state index contributed by atoms with van der Waals surface area (Å²) < 4.78 is 15.7. The third-order valence-corrected chi connectivity index (χ3v) is 5.08. The SMILES string of the molecule is O=C(Cc1c(F)cccc1Cl)Nc1ccc(-c2cn3ccsc3n2)cc1. The van der Waals surface area contributed by atoms with Crippen molar-refractivity contribution in [3.63, 3.8) is 0 Å². The lowest BCUT2D eigenvalue weighted by atomic mass is 10.1. The number of nitrogens with zero attached hydrogens (tertiary/aromatic N) is 2. The lowest BCUT2D eigenvalue weighted by Crippen LogP contribution is -2.15. The second-order valence-corrected chi connectivity index (χ2v) is 7.00. The fourth-order valence-electron chi connectivity index (χ4n) is 2.66. The van der Waals surface area contributed by atoms with Gasteiger partial charge in [0.2, 0.25) is 5.91 Å². The Hall–Kier alpha value is -2.70. The Balaban J connectivity index is 1.47. The molecule has 0 saturated carbocycles. The first-order valence-corrected chi connectivity index (χ1v) is 9.11. The number of amides is 1. The average molecular weight is 386 g/mol. The lowest BCUT2D eigenvalue weighted by molar-refractivity contribution is -0.115. The molecule has 0 aliphatic carbocycles. The normalized spacial score (nSPS) is 11.0. The minimum atomic E-state index is -0.484. The van der Waals surface area contributed by atoms with Crippen molar-refractivity contribution >= 4 is 39.5 Å². The number of carbonyl (C=O) groups is 1. The van der Waals surface area contributed by atoms with E-state index in [2.05, 4.69) is 10.3 Å². The van der Waals surface area contributed by atoms with Crippen molar-refractivity contribution in [2.45, 2.75) is 6.42 Å². The number of halogens is 2. The molecule has 4 aromatic rings. The number of thiazole rings is 1. The number of imidazole rings is 1. The van der Waals surface area contributed by atoms with Gasteiger partial charge in [-0.3, -0.25) is 9.20 Å². The van der Waals surface area contributed by atoms with Gasteiger partial charge >= 0.3 is 0 Å². The van der Waals surface area contributed by atoms with Crippen LogP contribution in [0.15, 0.2) is 60.2 Å². The monoisotopic (exact) mass is 385 g/mol. The summed E-state index contributed by atoms with van der Waals surface area (Å²) in [5.74, 6) is -0.810. The number of hydrogen-bond donors (Lipinski definition) is 1. The molecule has 0 atom stereocenters. The molecule has 4 rings (SSSR count). The maximum absolute atomic E-state index is 13.8. The predicted octanol–water partition coefficient (Wildman–Crippen LogP) is 5.04. The first-order chi connectivity index (χ1) is 12.6. The van der Waals surface area contributed by atoms with Crippen molar-refractivity contribution in [3.8, 4) is 11.3 Å². The summed E-state index contributed by atoms with van der Waals surface area (Å²) in [5, 5.41) is 4.98. The topological polar surface area (TPSA) is 46.4 Å². The van der Waals surface area contributed by atoms with Crippen LogP contribution in [0.25, 0.3) is 16.2 Å². The highest BCUT2D eigenvalue weighted by atomic mass is 35.5. The van der Waals surface area contributed by atoms with Crippen LogP contribution in [0, 0.1) is 5.82 Å². The summed E-state index contributed by atoms with van der Waals surface area (Å²) in [6.07, 6.45) is 3.79. The molecule has 0 bridgehead atoms. The van der Waals surface area contributed by atoms with Crippen LogP contribution in [0.3, 0.4) is 0 Å². The number of nitrogens with one attached hydrogen (secondary N) is 1. The van der Waals surface area contributed by atoms with Crippen LogP contribution >= 0.6 is 22.9 Å². The van der Waals surface area contributed by atoms with Gasteiger partial charge in [0, 0.05) is 39.6 Å². The van der Waals surface area contributed by atoms with Gasteiger partial charge in [-0.25, -0.2) is 9.37 Å². The molecule has 0 fully saturated rings. The number of aromatic nitrogens is 2. The van der Waals surface area contributed by atoms with E-state index in [-0.39, 0.29) is 22.9 Å². The smallest absolute Gasteiger partial charge is 0.228 e. The van der Waals surface area contributed by atoms with Crippen LogP contribution in [0.5, 0.6) is 0 Å². The van der Waals surface area contributed by atoms with Crippen molar-refractivity contribution in [1.29, 1.82) is 0 Å². The van der Waals surface area contributed by atoms with Gasteiger partial charge in [0.15, 0.2) is 4.96 Å². The Morgan fingerprint density at radius 3 is 2.77 bits per heavy atom. The second kappa shape index (κ2) is 6.90. The summed E-state index contributed by atoms with van der Waals surface area (Å²) >= 11 is 7.53. The van der Waals surface area contributed by atoms with E-state index < -0.39 is 5.82 Å². The van der Waals surface area contributed by atoms with E-state index >= 15 is 0 Å². The van der Waals surface area contributed by atoms with E-state index in [4.69, 9.17) is 11.6 Å². The molecule has 0 spiro atoms. The molecule has 7 heteroatoms. The van der Waals surface area contributed by atoms with Gasteiger partial charge in [-0.15, -0.1) is 11.3 Å². The van der Waals surface area contributed by atoms with E-state index in [1.807, 2.05) is 34.3 Å². The van der Waals surface area contributed by atoms with Crippen LogP contribution in [0.4, 0.5) is 10.1 Å². The Labute approximate surface area is 157 Å². The molecular formula is C19H13ClFN3OS. The highest BCUT2D eigenvalue weighted by molar-refractivity contribution is 7.15. The summed E-state index contributed by atoms with van der Waals surface area (Å²) in [4.78, 5) is 17.6. The molecule has 130 valence electrons. The number of benzene rings is 2. The maximum Gasteiger partial charge on any atom is 0.228 e. The van der Waals surface area contributed by atoms with Crippen molar-refractivity contribution in [2.24, 2.45) is 0 Å². The van der Waals surface area contributed by atoms with Gasteiger partial charge in [-0.05, 0) is 24.3 Å². The number of rotatable bonds is 4. The van der Waals surface area contributed by atoms with Gasteiger partial charge < -0.3 is 5.32 Å². The van der Waals surface area contributed by atoms with Gasteiger partial charge in [-0.2, -0.15) is 0 Å². The van der Waals surface area contributed by atoms with E-state index in [1.165, 1.54) is 12.1 Å². The Morgan fingerprint density at radius 1 is 1.23 bits per heavy atom. The van der Waals surface area contributed by atoms with Crippen molar-refractivity contribution in [3.05, 3.63) is 76.6 Å². The quantitative estimate of drug-likeness (QED) is 0.535. The molecule has 0 radical (unpaired) electrons. The van der Waals surface area contributed by atoms with Crippen LogP contribution in [0.2, 0.25) is 5.02 Å². The van der Waals surface area contributed by atoms with Gasteiger partial charge in [0.25, 0.3) is 0 Å². The molecule has 0 aliphatic rings.